The first kappa shape index (κ1) is 21.1. The molecule has 0 saturated carbocycles. The summed E-state index contributed by atoms with van der Waals surface area (Å²) >= 11 is 0. The van der Waals surface area contributed by atoms with Gasteiger partial charge in [0.15, 0.2) is 0 Å². The summed E-state index contributed by atoms with van der Waals surface area (Å²) in [5.74, 6) is -3.10. The van der Waals surface area contributed by atoms with E-state index in [1.54, 1.807) is 6.07 Å². The molecule has 0 atom stereocenters. The molecule has 3 N–H and O–H groups in total. The molecule has 0 aliphatic heterocycles. The summed E-state index contributed by atoms with van der Waals surface area (Å²) < 4.78 is 2.01. The number of primary amides is 1. The maximum Gasteiger partial charge on any atom is 0.377 e. The van der Waals surface area contributed by atoms with Gasteiger partial charge in [-0.2, -0.15) is 0 Å². The Kier molecular flexibility index (Phi) is 5.60. The largest absolute Gasteiger partial charge is 0.475 e. The lowest BCUT2D eigenvalue weighted by molar-refractivity contribution is -0.131. The van der Waals surface area contributed by atoms with Crippen molar-refractivity contribution in [3.63, 3.8) is 0 Å². The zero-order chi connectivity index (χ0) is 22.8. The van der Waals surface area contributed by atoms with Crippen LogP contribution in [0.1, 0.15) is 27.2 Å². The summed E-state index contributed by atoms with van der Waals surface area (Å²) in [5.41, 5.74) is 10.8. The number of amides is 1. The number of aromatic nitrogens is 1. The van der Waals surface area contributed by atoms with Crippen LogP contribution in [0.4, 0.5) is 0 Å². The fraction of sp³-hybridized carbons (Fsp3) is 0.115. The van der Waals surface area contributed by atoms with Crippen LogP contribution < -0.4 is 5.73 Å². The Balaban J connectivity index is 1.93. The van der Waals surface area contributed by atoms with Gasteiger partial charge in [0, 0.05) is 28.7 Å². The van der Waals surface area contributed by atoms with Gasteiger partial charge in [-0.05, 0) is 35.2 Å². The van der Waals surface area contributed by atoms with Crippen molar-refractivity contribution in [3.05, 3.63) is 95.2 Å². The van der Waals surface area contributed by atoms with Crippen LogP contribution in [0.25, 0.3) is 22.0 Å². The highest BCUT2D eigenvalue weighted by atomic mass is 16.4. The van der Waals surface area contributed by atoms with Crippen LogP contribution in [0.15, 0.2) is 72.8 Å². The van der Waals surface area contributed by atoms with Gasteiger partial charge < -0.3 is 15.4 Å². The molecular formula is C26H22N2O4. The van der Waals surface area contributed by atoms with E-state index in [2.05, 4.69) is 6.07 Å². The quantitative estimate of drug-likeness (QED) is 0.345. The Bertz CT molecular complexity index is 1350. The van der Waals surface area contributed by atoms with E-state index in [-0.39, 0.29) is 12.0 Å². The fourth-order valence-electron chi connectivity index (χ4n) is 4.23. The Morgan fingerprint density at radius 1 is 0.906 bits per heavy atom. The number of carbonyl (C=O) groups is 3. The topological polar surface area (TPSA) is 102 Å². The SMILES string of the molecule is Cc1c(CC(N)=O)c2c(C(=O)C(=O)O)cccc2n1Cc1ccccc1-c1ccccc1. The lowest BCUT2D eigenvalue weighted by Crippen LogP contribution is -2.16. The monoisotopic (exact) mass is 426 g/mol. The summed E-state index contributed by atoms with van der Waals surface area (Å²) in [4.78, 5) is 35.6. The second kappa shape index (κ2) is 8.51. The molecule has 1 amide bonds. The van der Waals surface area contributed by atoms with Gasteiger partial charge in [0.25, 0.3) is 5.78 Å². The molecule has 0 spiro atoms. The van der Waals surface area contributed by atoms with Gasteiger partial charge in [0.05, 0.1) is 6.42 Å². The molecule has 160 valence electrons. The Morgan fingerprint density at radius 3 is 2.28 bits per heavy atom. The molecular weight excluding hydrogens is 404 g/mol. The first-order valence-corrected chi connectivity index (χ1v) is 10.2. The van der Waals surface area contributed by atoms with Gasteiger partial charge >= 0.3 is 5.97 Å². The van der Waals surface area contributed by atoms with Crippen molar-refractivity contribution in [2.24, 2.45) is 5.73 Å². The molecule has 32 heavy (non-hydrogen) atoms. The summed E-state index contributed by atoms with van der Waals surface area (Å²) in [6.07, 6.45) is -0.0838. The van der Waals surface area contributed by atoms with Crippen molar-refractivity contribution in [3.8, 4) is 11.1 Å². The predicted molar refractivity (Wildman–Crippen MR) is 123 cm³/mol. The Morgan fingerprint density at radius 2 is 1.59 bits per heavy atom. The number of carboxylic acid groups (broad SMARTS) is 1. The number of hydrogen-bond acceptors (Lipinski definition) is 3. The zero-order valence-electron chi connectivity index (χ0n) is 17.5. The molecule has 1 heterocycles. The van der Waals surface area contributed by atoms with Crippen LogP contribution in [0.3, 0.4) is 0 Å². The van der Waals surface area contributed by atoms with Gasteiger partial charge in [-0.25, -0.2) is 4.79 Å². The number of rotatable bonds is 7. The minimum atomic E-state index is -1.54. The maximum atomic E-state index is 12.4. The van der Waals surface area contributed by atoms with Crippen LogP contribution in [-0.4, -0.2) is 27.3 Å². The third-order valence-corrected chi connectivity index (χ3v) is 5.70. The molecule has 0 aliphatic carbocycles. The van der Waals surface area contributed by atoms with Crippen LogP contribution in [-0.2, 0) is 22.6 Å². The third kappa shape index (κ3) is 3.78. The van der Waals surface area contributed by atoms with Crippen molar-refractivity contribution >= 4 is 28.6 Å². The summed E-state index contributed by atoms with van der Waals surface area (Å²) in [6.45, 7) is 2.34. The van der Waals surface area contributed by atoms with E-state index in [4.69, 9.17) is 5.73 Å². The number of aliphatic carboxylic acids is 1. The minimum absolute atomic E-state index is 0.0597. The maximum absolute atomic E-state index is 12.4. The molecule has 0 bridgehead atoms. The molecule has 0 unspecified atom stereocenters. The highest BCUT2D eigenvalue weighted by Gasteiger charge is 2.24. The molecule has 0 saturated heterocycles. The van der Waals surface area contributed by atoms with Crippen molar-refractivity contribution in [1.82, 2.24) is 4.57 Å². The van der Waals surface area contributed by atoms with Gasteiger partial charge in [0.2, 0.25) is 5.91 Å². The first-order chi connectivity index (χ1) is 15.4. The molecule has 6 nitrogen and oxygen atoms in total. The van der Waals surface area contributed by atoms with E-state index in [9.17, 15) is 19.5 Å². The third-order valence-electron chi connectivity index (χ3n) is 5.70. The number of nitrogens with two attached hydrogens (primary N) is 1. The van der Waals surface area contributed by atoms with Crippen LogP contribution in [0.2, 0.25) is 0 Å². The zero-order valence-corrected chi connectivity index (χ0v) is 17.5. The second-order valence-corrected chi connectivity index (χ2v) is 7.65. The lowest BCUT2D eigenvalue weighted by atomic mass is 9.99. The Hall–Kier alpha value is -4.19. The van der Waals surface area contributed by atoms with Gasteiger partial charge in [0.1, 0.15) is 0 Å². The molecule has 0 radical (unpaired) electrons. The van der Waals surface area contributed by atoms with E-state index in [0.717, 1.165) is 22.4 Å². The number of ketones is 1. The number of fused-ring (bicyclic) bond motifs is 1. The van der Waals surface area contributed by atoms with Crippen molar-refractivity contribution in [2.45, 2.75) is 19.9 Å². The number of Topliss-reactive ketones (excluding diaryl/α,β-unsaturated/α-hetero) is 1. The van der Waals surface area contributed by atoms with Crippen molar-refractivity contribution in [1.29, 1.82) is 0 Å². The minimum Gasteiger partial charge on any atom is -0.475 e. The van der Waals surface area contributed by atoms with E-state index < -0.39 is 17.7 Å². The number of benzene rings is 3. The Labute approximate surface area is 184 Å². The normalized spacial score (nSPS) is 10.9. The number of carbonyl (C=O) groups excluding carboxylic acids is 2. The highest BCUT2D eigenvalue weighted by Crippen LogP contribution is 2.32. The van der Waals surface area contributed by atoms with E-state index >= 15 is 0 Å². The van der Waals surface area contributed by atoms with Crippen molar-refractivity contribution in [2.75, 3.05) is 0 Å². The molecule has 4 rings (SSSR count). The number of carboxylic acids is 1. The smallest absolute Gasteiger partial charge is 0.377 e. The predicted octanol–water partition coefficient (Wildman–Crippen LogP) is 3.96. The molecule has 3 aromatic carbocycles. The van der Waals surface area contributed by atoms with Crippen LogP contribution in [0.5, 0.6) is 0 Å². The van der Waals surface area contributed by atoms with Gasteiger partial charge in [-0.1, -0.05) is 66.7 Å². The van der Waals surface area contributed by atoms with E-state index in [1.165, 1.54) is 6.07 Å². The van der Waals surface area contributed by atoms with Gasteiger partial charge in [-0.3, -0.25) is 9.59 Å². The fourth-order valence-corrected chi connectivity index (χ4v) is 4.23. The van der Waals surface area contributed by atoms with Crippen molar-refractivity contribution < 1.29 is 19.5 Å². The number of hydrogen-bond donors (Lipinski definition) is 2. The van der Waals surface area contributed by atoms with Crippen LogP contribution in [0, 0.1) is 6.92 Å². The molecule has 6 heteroatoms. The summed E-state index contributed by atoms with van der Waals surface area (Å²) in [5, 5.41) is 9.76. The molecule has 1 aromatic heterocycles. The van der Waals surface area contributed by atoms with Crippen LogP contribution >= 0.6 is 0 Å². The van der Waals surface area contributed by atoms with Gasteiger partial charge in [-0.15, -0.1) is 0 Å². The second-order valence-electron chi connectivity index (χ2n) is 7.65. The number of nitrogens with zero attached hydrogens (tertiary/aromatic N) is 1. The standard InChI is InChI=1S/C26H22N2O4/c1-16-21(14-23(27)29)24-20(25(30)26(31)32)12-7-13-22(24)28(16)15-18-10-5-6-11-19(18)17-8-3-2-4-9-17/h2-13H,14-15H2,1H3,(H2,27,29)(H,31,32). The van der Waals surface area contributed by atoms with E-state index in [1.807, 2.05) is 66.1 Å². The molecule has 0 fully saturated rings. The average Bonchev–Trinajstić information content (AvgIpc) is 3.05. The lowest BCUT2D eigenvalue weighted by Gasteiger charge is -2.14. The average molecular weight is 426 g/mol. The first-order valence-electron chi connectivity index (χ1n) is 10.2. The summed E-state index contributed by atoms with van der Waals surface area (Å²) in [6, 6.07) is 23.0. The molecule has 0 aliphatic rings. The highest BCUT2D eigenvalue weighted by molar-refractivity contribution is 6.42. The van der Waals surface area contributed by atoms with E-state index in [0.29, 0.717) is 23.0 Å². The summed E-state index contributed by atoms with van der Waals surface area (Å²) in [7, 11) is 0. The molecule has 4 aromatic rings.